The van der Waals surface area contributed by atoms with E-state index in [4.69, 9.17) is 16.3 Å². The van der Waals surface area contributed by atoms with Crippen molar-refractivity contribution in [3.05, 3.63) is 95.5 Å². The molecule has 1 unspecified atom stereocenters. The number of halogens is 2. The van der Waals surface area contributed by atoms with Gasteiger partial charge in [0.2, 0.25) is 6.20 Å². The highest BCUT2D eigenvalue weighted by atomic mass is 35.5. The highest BCUT2D eigenvalue weighted by Gasteiger charge is 2.31. The molecule has 0 spiro atoms. The minimum atomic E-state index is -0.655. The average Bonchev–Trinajstić information content (AvgIpc) is 3.48. The molecule has 5 aromatic rings. The lowest BCUT2D eigenvalue weighted by Gasteiger charge is -2.25. The van der Waals surface area contributed by atoms with Gasteiger partial charge in [0, 0.05) is 47.2 Å². The van der Waals surface area contributed by atoms with Crippen LogP contribution in [0.1, 0.15) is 60.6 Å². The van der Waals surface area contributed by atoms with Gasteiger partial charge in [-0.05, 0) is 78.4 Å². The van der Waals surface area contributed by atoms with E-state index in [1.807, 2.05) is 35.1 Å². The first-order chi connectivity index (χ1) is 21.9. The highest BCUT2D eigenvalue weighted by molar-refractivity contribution is 6.31. The van der Waals surface area contributed by atoms with Gasteiger partial charge in [0.25, 0.3) is 11.6 Å². The summed E-state index contributed by atoms with van der Waals surface area (Å²) in [7, 11) is 0. The maximum atomic E-state index is 15.4. The lowest BCUT2D eigenvalue weighted by molar-refractivity contribution is -0.910. The van der Waals surface area contributed by atoms with Crippen molar-refractivity contribution in [1.82, 2.24) is 35.3 Å². The Labute approximate surface area is 263 Å². The monoisotopic (exact) mass is 629 g/mol. The largest absolute Gasteiger partial charge is 0.378 e. The third-order valence-electron chi connectivity index (χ3n) is 8.33. The van der Waals surface area contributed by atoms with Crippen molar-refractivity contribution in [2.75, 3.05) is 6.61 Å². The SMILES string of the molecule is O=C(NC1CC1)c1ccc(-c2cnn(C(C[C@@H]3CCCCO3)c3ccc(-c4c(-n5cnnn5)ccc(Cl)c4F)c[n+]3O)c2)cc1. The Morgan fingerprint density at radius 1 is 1.09 bits per heavy atom. The van der Waals surface area contributed by atoms with Gasteiger partial charge in [0.1, 0.15) is 12.4 Å². The number of nitrogens with one attached hydrogen (secondary N) is 1. The smallest absolute Gasteiger partial charge is 0.258 e. The molecular formula is C32H31ClFN8O3+. The third-order valence-corrected chi connectivity index (χ3v) is 8.62. The van der Waals surface area contributed by atoms with Gasteiger partial charge < -0.3 is 10.1 Å². The molecule has 1 saturated heterocycles. The van der Waals surface area contributed by atoms with Crippen molar-refractivity contribution in [3.63, 3.8) is 0 Å². The van der Waals surface area contributed by atoms with Gasteiger partial charge in [-0.2, -0.15) is 9.78 Å². The Bertz CT molecular complexity index is 1820. The number of hydrogen-bond acceptors (Lipinski definition) is 7. The maximum Gasteiger partial charge on any atom is 0.258 e. The van der Waals surface area contributed by atoms with Crippen LogP contribution in [0.4, 0.5) is 4.39 Å². The van der Waals surface area contributed by atoms with E-state index in [-0.39, 0.29) is 22.6 Å². The number of ether oxygens (including phenoxy) is 1. The van der Waals surface area contributed by atoms with Gasteiger partial charge in [0.05, 0.1) is 34.1 Å². The number of tetrazole rings is 1. The first kappa shape index (κ1) is 29.1. The molecular weight excluding hydrogens is 599 g/mol. The summed E-state index contributed by atoms with van der Waals surface area (Å²) in [5.41, 5.74) is 3.84. The fourth-order valence-electron chi connectivity index (χ4n) is 5.76. The summed E-state index contributed by atoms with van der Waals surface area (Å²) >= 11 is 6.16. The predicted molar refractivity (Wildman–Crippen MR) is 161 cm³/mol. The number of pyridine rings is 1. The van der Waals surface area contributed by atoms with Crippen molar-refractivity contribution < 1.29 is 23.9 Å². The summed E-state index contributed by atoms with van der Waals surface area (Å²) < 4.78 is 25.7. The molecule has 0 bridgehead atoms. The predicted octanol–water partition coefficient (Wildman–Crippen LogP) is 4.95. The molecule has 1 saturated carbocycles. The molecule has 1 aliphatic heterocycles. The molecule has 2 atom stereocenters. The molecule has 230 valence electrons. The molecule has 7 rings (SSSR count). The molecule has 2 aliphatic rings. The first-order valence-corrected chi connectivity index (χ1v) is 15.4. The number of aromatic nitrogens is 7. The zero-order valence-corrected chi connectivity index (χ0v) is 25.0. The van der Waals surface area contributed by atoms with Crippen molar-refractivity contribution in [1.29, 1.82) is 0 Å². The summed E-state index contributed by atoms with van der Waals surface area (Å²) in [4.78, 5) is 12.4. The van der Waals surface area contributed by atoms with E-state index in [9.17, 15) is 10.0 Å². The Balaban J connectivity index is 1.21. The van der Waals surface area contributed by atoms with Gasteiger partial charge in [0.15, 0.2) is 5.82 Å². The Morgan fingerprint density at radius 2 is 1.91 bits per heavy atom. The summed E-state index contributed by atoms with van der Waals surface area (Å²) in [6.45, 7) is 0.689. The fourth-order valence-corrected chi connectivity index (χ4v) is 5.92. The minimum absolute atomic E-state index is 0.0165. The van der Waals surface area contributed by atoms with Crippen molar-refractivity contribution in [3.8, 4) is 27.9 Å². The van der Waals surface area contributed by atoms with Gasteiger partial charge in [-0.3, -0.25) is 14.7 Å². The van der Waals surface area contributed by atoms with Gasteiger partial charge in [-0.15, -0.1) is 5.10 Å². The van der Waals surface area contributed by atoms with Crippen LogP contribution in [0.15, 0.2) is 73.4 Å². The Hall–Kier alpha value is -4.68. The number of carbonyl (C=O) groups is 1. The van der Waals surface area contributed by atoms with Gasteiger partial charge >= 0.3 is 0 Å². The highest BCUT2D eigenvalue weighted by Crippen LogP contribution is 2.34. The maximum absolute atomic E-state index is 15.4. The quantitative estimate of drug-likeness (QED) is 0.175. The topological polar surface area (TPSA) is 124 Å². The number of carbonyl (C=O) groups excluding carboxylic acids is 1. The van der Waals surface area contributed by atoms with Crippen LogP contribution < -0.4 is 10.0 Å². The number of amides is 1. The number of nitrogens with zero attached hydrogens (tertiary/aromatic N) is 7. The number of hydrogen-bond donors (Lipinski definition) is 2. The van der Waals surface area contributed by atoms with Crippen molar-refractivity contribution in [2.45, 2.75) is 56.7 Å². The molecule has 2 N–H and O–H groups in total. The van der Waals surface area contributed by atoms with Crippen molar-refractivity contribution >= 4 is 17.5 Å². The second-order valence-electron chi connectivity index (χ2n) is 11.5. The van der Waals surface area contributed by atoms with Gasteiger partial charge in [-0.25, -0.2) is 4.39 Å². The molecule has 2 aromatic carbocycles. The summed E-state index contributed by atoms with van der Waals surface area (Å²) in [5, 5.41) is 30.2. The molecule has 2 fully saturated rings. The molecule has 3 aromatic heterocycles. The second kappa shape index (κ2) is 12.4. The van der Waals surface area contributed by atoms with Crippen LogP contribution in [0, 0.1) is 5.82 Å². The van der Waals surface area contributed by atoms with E-state index in [0.717, 1.165) is 48.0 Å². The fraction of sp³-hybridized carbons (Fsp3) is 0.312. The normalized spacial score (nSPS) is 17.2. The van der Waals surface area contributed by atoms with E-state index in [2.05, 4.69) is 25.9 Å². The van der Waals surface area contributed by atoms with Crippen LogP contribution in [0.5, 0.6) is 0 Å². The molecule has 1 amide bonds. The molecule has 1 aliphatic carbocycles. The lowest BCUT2D eigenvalue weighted by atomic mass is 9.98. The van der Waals surface area contributed by atoms with Gasteiger partial charge in [-0.1, -0.05) is 23.7 Å². The average molecular weight is 630 g/mol. The van der Waals surface area contributed by atoms with E-state index in [0.29, 0.717) is 41.6 Å². The first-order valence-electron chi connectivity index (χ1n) is 15.0. The molecule has 45 heavy (non-hydrogen) atoms. The summed E-state index contributed by atoms with van der Waals surface area (Å²) in [5.74, 6) is -0.719. The molecule has 0 radical (unpaired) electrons. The molecule has 4 heterocycles. The molecule has 13 heteroatoms. The van der Waals surface area contributed by atoms with E-state index >= 15 is 4.39 Å². The van der Waals surface area contributed by atoms with Crippen LogP contribution in [0.2, 0.25) is 5.02 Å². The van der Waals surface area contributed by atoms with Crippen LogP contribution >= 0.6 is 11.6 Å². The summed E-state index contributed by atoms with van der Waals surface area (Å²) in [6, 6.07) is 13.9. The lowest BCUT2D eigenvalue weighted by Crippen LogP contribution is -2.39. The van der Waals surface area contributed by atoms with Crippen LogP contribution in [0.25, 0.3) is 27.9 Å². The van der Waals surface area contributed by atoms with Crippen LogP contribution in [-0.2, 0) is 4.74 Å². The third kappa shape index (κ3) is 6.16. The van der Waals surface area contributed by atoms with E-state index < -0.39 is 11.9 Å². The Kier molecular flexibility index (Phi) is 7.99. The van der Waals surface area contributed by atoms with Crippen LogP contribution in [-0.4, -0.2) is 59.9 Å². The number of rotatable bonds is 9. The van der Waals surface area contributed by atoms with Crippen molar-refractivity contribution in [2.24, 2.45) is 0 Å². The van der Waals surface area contributed by atoms with E-state index in [1.165, 1.54) is 23.3 Å². The van der Waals surface area contributed by atoms with E-state index in [1.54, 1.807) is 24.4 Å². The Morgan fingerprint density at radius 3 is 2.62 bits per heavy atom. The zero-order chi connectivity index (χ0) is 30.9. The zero-order valence-electron chi connectivity index (χ0n) is 24.3. The summed E-state index contributed by atoms with van der Waals surface area (Å²) in [6.07, 6.45) is 12.1. The minimum Gasteiger partial charge on any atom is -0.378 e. The standard InChI is InChI=1S/C32H30ClFN8O3/c33-26-11-13-28(41-19-35-38-39-41)30(31(26)34)22-8-12-27(42(44)18-22)29(15-25-3-1-2-14-45-25)40-17-23(16-36-40)20-4-6-21(7-5-20)32(43)37-24-9-10-24/h4-8,11-13,16-19,24-25,29H,1-3,9-10,14-15H2,(H-,37,43,44)/p+1/t25-,29?/m0/s1. The second-order valence-corrected chi connectivity index (χ2v) is 11.9. The molecule has 11 nitrogen and oxygen atoms in total. The number of benzene rings is 2. The van der Waals surface area contributed by atoms with Crippen LogP contribution in [0.3, 0.4) is 0 Å².